The van der Waals surface area contributed by atoms with E-state index in [4.69, 9.17) is 14.6 Å². The van der Waals surface area contributed by atoms with Gasteiger partial charge in [-0.3, -0.25) is 4.79 Å². The molecule has 4 saturated carbocycles. The summed E-state index contributed by atoms with van der Waals surface area (Å²) in [7, 11) is 0. The van der Waals surface area contributed by atoms with Crippen LogP contribution in [0.5, 0.6) is 0 Å². The molecule has 1 heterocycles. The number of alkyl carbamates (subject to hydrolysis) is 1. The van der Waals surface area contributed by atoms with Crippen LogP contribution in [0.15, 0.2) is 12.1 Å². The standard InChI is InChI=1S/C28H41NO6S/c1-27(2,3)35-25(32)23(13-22-9-8-21(36-22)6-4-5-7-24(30)31)29-26(33)34-17-28-14-18-10-19(15-28)12-20(11-18)16-28/h8-9,18-20,23H,4-7,10-17H2,1-3H3,(H,29,33)(H,30,31)/t18?,19?,20?,23-,28?/m0/s1. The molecule has 0 aliphatic heterocycles. The van der Waals surface area contributed by atoms with Crippen LogP contribution in [-0.2, 0) is 31.9 Å². The van der Waals surface area contributed by atoms with E-state index in [2.05, 4.69) is 5.32 Å². The molecule has 0 saturated heterocycles. The second-order valence-electron chi connectivity index (χ2n) is 12.4. The number of hydrogen-bond donors (Lipinski definition) is 2. The molecule has 0 unspecified atom stereocenters. The van der Waals surface area contributed by atoms with E-state index in [0.717, 1.165) is 59.6 Å². The maximum atomic E-state index is 13.0. The van der Waals surface area contributed by atoms with Crippen molar-refractivity contribution in [2.24, 2.45) is 23.2 Å². The molecular formula is C28H41NO6S. The van der Waals surface area contributed by atoms with Gasteiger partial charge in [-0.2, -0.15) is 0 Å². The van der Waals surface area contributed by atoms with Crippen molar-refractivity contribution in [3.63, 3.8) is 0 Å². The van der Waals surface area contributed by atoms with E-state index in [9.17, 15) is 14.4 Å². The summed E-state index contributed by atoms with van der Waals surface area (Å²) < 4.78 is 11.4. The van der Waals surface area contributed by atoms with Gasteiger partial charge in [0.2, 0.25) is 0 Å². The van der Waals surface area contributed by atoms with Gasteiger partial charge in [0, 0.05) is 28.0 Å². The monoisotopic (exact) mass is 519 g/mol. The summed E-state index contributed by atoms with van der Waals surface area (Å²) in [6.45, 7) is 5.87. The highest BCUT2D eigenvalue weighted by Gasteiger charge is 2.51. The number of nitrogens with one attached hydrogen (secondary N) is 1. The molecule has 0 spiro atoms. The van der Waals surface area contributed by atoms with Crippen molar-refractivity contribution < 1.29 is 29.0 Å². The van der Waals surface area contributed by atoms with Crippen molar-refractivity contribution in [1.29, 1.82) is 0 Å². The Balaban J connectivity index is 1.33. The van der Waals surface area contributed by atoms with E-state index >= 15 is 0 Å². The van der Waals surface area contributed by atoms with Crippen LogP contribution >= 0.6 is 11.3 Å². The highest BCUT2D eigenvalue weighted by atomic mass is 32.1. The van der Waals surface area contributed by atoms with Gasteiger partial charge < -0.3 is 19.9 Å². The zero-order valence-electron chi connectivity index (χ0n) is 21.8. The number of esters is 1. The number of rotatable bonds is 11. The SMILES string of the molecule is CC(C)(C)OC(=O)[C@H](Cc1ccc(CCCCC(=O)O)s1)NC(=O)OCC12CC3CC(CC(C3)C1)C2. The predicted molar refractivity (Wildman–Crippen MR) is 138 cm³/mol. The number of amides is 1. The Morgan fingerprint density at radius 2 is 1.67 bits per heavy atom. The minimum Gasteiger partial charge on any atom is -0.481 e. The summed E-state index contributed by atoms with van der Waals surface area (Å²) in [5.74, 6) is 1.12. The molecule has 4 bridgehead atoms. The predicted octanol–water partition coefficient (Wildman–Crippen LogP) is 5.74. The van der Waals surface area contributed by atoms with E-state index in [-0.39, 0.29) is 11.8 Å². The minimum absolute atomic E-state index is 0.122. The van der Waals surface area contributed by atoms with Crippen LogP contribution in [0, 0.1) is 23.2 Å². The number of carboxylic acid groups (broad SMARTS) is 1. The molecule has 1 atom stereocenters. The van der Waals surface area contributed by atoms with Crippen LogP contribution in [0.3, 0.4) is 0 Å². The van der Waals surface area contributed by atoms with Crippen molar-refractivity contribution >= 4 is 29.4 Å². The molecule has 1 aromatic rings. The quantitative estimate of drug-likeness (QED) is 0.285. The van der Waals surface area contributed by atoms with E-state index in [1.807, 2.05) is 32.9 Å². The van der Waals surface area contributed by atoms with Gasteiger partial charge in [0.05, 0.1) is 6.61 Å². The first-order chi connectivity index (χ1) is 17.0. The van der Waals surface area contributed by atoms with E-state index in [0.29, 0.717) is 19.4 Å². The summed E-state index contributed by atoms with van der Waals surface area (Å²) in [4.78, 5) is 38.6. The third-order valence-corrected chi connectivity index (χ3v) is 9.01. The van der Waals surface area contributed by atoms with Gasteiger partial charge in [0.25, 0.3) is 0 Å². The molecular weight excluding hydrogens is 478 g/mol. The smallest absolute Gasteiger partial charge is 0.407 e. The molecule has 8 heteroatoms. The molecule has 7 nitrogen and oxygen atoms in total. The first-order valence-electron chi connectivity index (χ1n) is 13.4. The van der Waals surface area contributed by atoms with Crippen LogP contribution in [0.25, 0.3) is 0 Å². The van der Waals surface area contributed by atoms with Gasteiger partial charge in [0.15, 0.2) is 0 Å². The second kappa shape index (κ2) is 11.1. The van der Waals surface area contributed by atoms with Gasteiger partial charge in [-0.05, 0) is 108 Å². The normalized spacial score (nSPS) is 27.5. The molecule has 1 aromatic heterocycles. The number of aliphatic carboxylic acids is 1. The number of carbonyl (C=O) groups is 3. The average molecular weight is 520 g/mol. The molecule has 36 heavy (non-hydrogen) atoms. The van der Waals surface area contributed by atoms with Gasteiger partial charge in [-0.1, -0.05) is 0 Å². The van der Waals surface area contributed by atoms with Crippen LogP contribution in [-0.4, -0.2) is 41.4 Å². The highest BCUT2D eigenvalue weighted by Crippen LogP contribution is 2.60. The third kappa shape index (κ3) is 7.46. The summed E-state index contributed by atoms with van der Waals surface area (Å²) in [5.41, 5.74) is -0.540. The molecule has 4 aliphatic rings. The lowest BCUT2D eigenvalue weighted by Gasteiger charge is -2.56. The topological polar surface area (TPSA) is 102 Å². The Kier molecular flexibility index (Phi) is 8.32. The van der Waals surface area contributed by atoms with Crippen molar-refractivity contribution in [3.8, 4) is 0 Å². The zero-order chi connectivity index (χ0) is 25.9. The fourth-order valence-corrected chi connectivity index (χ4v) is 7.98. The Morgan fingerprint density at radius 3 is 2.25 bits per heavy atom. The van der Waals surface area contributed by atoms with Gasteiger partial charge >= 0.3 is 18.0 Å². The number of hydrogen-bond acceptors (Lipinski definition) is 6. The lowest BCUT2D eigenvalue weighted by Crippen LogP contribution is -2.50. The lowest BCUT2D eigenvalue weighted by molar-refractivity contribution is -0.157. The number of thiophene rings is 1. The van der Waals surface area contributed by atoms with Crippen molar-refractivity contribution in [1.82, 2.24) is 5.32 Å². The van der Waals surface area contributed by atoms with E-state index in [1.54, 1.807) is 11.3 Å². The Hall–Kier alpha value is -2.09. The molecule has 4 aliphatic carbocycles. The lowest BCUT2D eigenvalue weighted by atomic mass is 9.50. The summed E-state index contributed by atoms with van der Waals surface area (Å²) in [6, 6.07) is 3.15. The first kappa shape index (κ1) is 27.0. The highest BCUT2D eigenvalue weighted by molar-refractivity contribution is 7.12. The number of ether oxygens (including phenoxy) is 2. The average Bonchev–Trinajstić information content (AvgIpc) is 3.20. The van der Waals surface area contributed by atoms with Crippen LogP contribution in [0.4, 0.5) is 4.79 Å². The summed E-state index contributed by atoms with van der Waals surface area (Å²) >= 11 is 1.59. The fourth-order valence-electron chi connectivity index (χ4n) is 6.88. The largest absolute Gasteiger partial charge is 0.481 e. The molecule has 4 fully saturated rings. The number of unbranched alkanes of at least 4 members (excludes halogenated alkanes) is 1. The number of aryl methyl sites for hydroxylation is 1. The second-order valence-corrected chi connectivity index (χ2v) is 13.6. The molecule has 0 aromatic carbocycles. The molecule has 200 valence electrons. The minimum atomic E-state index is -0.827. The van der Waals surface area contributed by atoms with Gasteiger partial charge in [0.1, 0.15) is 11.6 Å². The maximum Gasteiger partial charge on any atom is 0.407 e. The number of carbonyl (C=O) groups excluding carboxylic acids is 2. The first-order valence-corrected chi connectivity index (χ1v) is 14.3. The fraction of sp³-hybridized carbons (Fsp3) is 0.750. The summed E-state index contributed by atoms with van der Waals surface area (Å²) in [6.07, 6.45) is 9.71. The molecule has 2 N–H and O–H groups in total. The van der Waals surface area contributed by atoms with Crippen LogP contribution in [0.1, 0.15) is 88.3 Å². The van der Waals surface area contributed by atoms with Crippen molar-refractivity contribution in [2.75, 3.05) is 6.61 Å². The van der Waals surface area contributed by atoms with Crippen LogP contribution < -0.4 is 5.32 Å². The van der Waals surface area contributed by atoms with Crippen molar-refractivity contribution in [3.05, 3.63) is 21.9 Å². The van der Waals surface area contributed by atoms with Gasteiger partial charge in [-0.25, -0.2) is 9.59 Å². The van der Waals surface area contributed by atoms with Gasteiger partial charge in [-0.15, -0.1) is 11.3 Å². The Labute approximate surface area is 218 Å². The zero-order valence-corrected chi connectivity index (χ0v) is 22.7. The van der Waals surface area contributed by atoms with Crippen molar-refractivity contribution in [2.45, 2.75) is 103 Å². The molecule has 1 amide bonds. The Morgan fingerprint density at radius 1 is 1.06 bits per heavy atom. The number of carboxylic acids is 1. The van der Waals surface area contributed by atoms with E-state index < -0.39 is 29.7 Å². The van der Waals surface area contributed by atoms with E-state index in [1.165, 1.54) is 19.3 Å². The van der Waals surface area contributed by atoms with Crippen LogP contribution in [0.2, 0.25) is 0 Å². The molecule has 5 rings (SSSR count). The molecule has 0 radical (unpaired) electrons. The maximum absolute atomic E-state index is 13.0. The Bertz CT molecular complexity index is 913. The summed E-state index contributed by atoms with van der Waals surface area (Å²) in [5, 5.41) is 11.6. The third-order valence-electron chi connectivity index (χ3n) is 7.84.